The maximum atomic E-state index is 11.8. The summed E-state index contributed by atoms with van der Waals surface area (Å²) in [5.41, 5.74) is 0.339. The van der Waals surface area contributed by atoms with Crippen LogP contribution in [0.4, 0.5) is 4.79 Å². The van der Waals surface area contributed by atoms with Gasteiger partial charge in [-0.2, -0.15) is 0 Å². The molecule has 2 N–H and O–H groups in total. The van der Waals surface area contributed by atoms with E-state index in [-0.39, 0.29) is 5.91 Å². The zero-order chi connectivity index (χ0) is 18.2. The molecular weight excluding hydrogens is 351 g/mol. The lowest BCUT2D eigenvalue weighted by Gasteiger charge is -2.19. The van der Waals surface area contributed by atoms with E-state index in [0.29, 0.717) is 42.4 Å². The van der Waals surface area contributed by atoms with Gasteiger partial charge in [0.2, 0.25) is 5.91 Å². The van der Waals surface area contributed by atoms with Crippen molar-refractivity contribution in [3.8, 4) is 0 Å². The van der Waals surface area contributed by atoms with Gasteiger partial charge in [0.05, 0.1) is 10.0 Å². The first-order chi connectivity index (χ1) is 11.2. The summed E-state index contributed by atoms with van der Waals surface area (Å²) in [4.78, 5) is 23.2. The third kappa shape index (κ3) is 8.41. The smallest absolute Gasteiger partial charge is 0.407 e. The highest BCUT2D eigenvalue weighted by atomic mass is 35.5. The molecule has 1 rings (SSSR count). The Morgan fingerprint density at radius 2 is 1.79 bits per heavy atom. The predicted octanol–water partition coefficient (Wildman–Crippen LogP) is 3.96. The molecule has 0 saturated heterocycles. The van der Waals surface area contributed by atoms with Crippen LogP contribution in [0.3, 0.4) is 0 Å². The van der Waals surface area contributed by atoms with Crippen molar-refractivity contribution in [1.82, 2.24) is 10.6 Å². The molecule has 0 aliphatic heterocycles. The van der Waals surface area contributed by atoms with E-state index in [4.69, 9.17) is 27.9 Å². The number of rotatable bonds is 7. The number of alkyl carbamates (subject to hydrolysis) is 1. The van der Waals surface area contributed by atoms with Gasteiger partial charge in [0.25, 0.3) is 0 Å². The van der Waals surface area contributed by atoms with Crippen LogP contribution in [0, 0.1) is 0 Å². The van der Waals surface area contributed by atoms with E-state index in [1.54, 1.807) is 26.8 Å². The Balaban J connectivity index is 2.16. The van der Waals surface area contributed by atoms with Crippen molar-refractivity contribution in [2.75, 3.05) is 13.1 Å². The average molecular weight is 375 g/mol. The van der Waals surface area contributed by atoms with Crippen molar-refractivity contribution in [2.24, 2.45) is 0 Å². The number of carbonyl (C=O) groups is 2. The molecular formula is C17H24Cl2N2O3. The molecule has 24 heavy (non-hydrogen) atoms. The summed E-state index contributed by atoms with van der Waals surface area (Å²) in [6.07, 6.45) is 1.04. The molecule has 1 aromatic carbocycles. The maximum absolute atomic E-state index is 11.8. The molecule has 0 spiro atoms. The van der Waals surface area contributed by atoms with E-state index in [0.717, 1.165) is 5.56 Å². The number of benzene rings is 1. The van der Waals surface area contributed by atoms with Gasteiger partial charge in [0.15, 0.2) is 0 Å². The predicted molar refractivity (Wildman–Crippen MR) is 96.6 cm³/mol. The van der Waals surface area contributed by atoms with Crippen molar-refractivity contribution < 1.29 is 14.3 Å². The average Bonchev–Trinajstić information content (AvgIpc) is 2.46. The Hall–Kier alpha value is -1.46. The topological polar surface area (TPSA) is 67.4 Å². The maximum Gasteiger partial charge on any atom is 0.407 e. The first kappa shape index (κ1) is 20.6. The van der Waals surface area contributed by atoms with Gasteiger partial charge >= 0.3 is 6.09 Å². The zero-order valence-corrected chi connectivity index (χ0v) is 15.8. The number of hydrogen-bond acceptors (Lipinski definition) is 3. The Bertz CT molecular complexity index is 571. The molecule has 7 heteroatoms. The van der Waals surface area contributed by atoms with Crippen LogP contribution in [0.15, 0.2) is 18.2 Å². The number of halogens is 2. The van der Waals surface area contributed by atoms with Gasteiger partial charge in [-0.15, -0.1) is 0 Å². The second-order valence-corrected chi connectivity index (χ2v) is 7.13. The standard InChI is InChI=1S/C17H24Cl2N2O3/c1-17(2,3)24-16(23)21-11-5-10-20-14(22)9-8-12-6-4-7-13(18)15(12)19/h4,6-7H,5,8-11H2,1-3H3,(H,20,22)(H,21,23). The molecule has 0 aromatic heterocycles. The number of ether oxygens (including phenoxy) is 1. The van der Waals surface area contributed by atoms with Gasteiger partial charge < -0.3 is 15.4 Å². The molecule has 0 saturated carbocycles. The zero-order valence-electron chi connectivity index (χ0n) is 14.2. The lowest BCUT2D eigenvalue weighted by atomic mass is 10.1. The second-order valence-electron chi connectivity index (χ2n) is 6.35. The van der Waals surface area contributed by atoms with E-state index in [1.807, 2.05) is 12.1 Å². The molecule has 0 bridgehead atoms. The van der Waals surface area contributed by atoms with E-state index >= 15 is 0 Å². The minimum Gasteiger partial charge on any atom is -0.444 e. The summed E-state index contributed by atoms with van der Waals surface area (Å²) >= 11 is 12.0. The first-order valence-corrected chi connectivity index (χ1v) is 8.61. The third-order valence-electron chi connectivity index (χ3n) is 3.00. The molecule has 2 amide bonds. The van der Waals surface area contributed by atoms with Crippen molar-refractivity contribution in [3.63, 3.8) is 0 Å². The first-order valence-electron chi connectivity index (χ1n) is 7.85. The van der Waals surface area contributed by atoms with E-state index in [9.17, 15) is 9.59 Å². The largest absolute Gasteiger partial charge is 0.444 e. The monoisotopic (exact) mass is 374 g/mol. The molecule has 5 nitrogen and oxygen atoms in total. The van der Waals surface area contributed by atoms with Crippen molar-refractivity contribution >= 4 is 35.2 Å². The quantitative estimate of drug-likeness (QED) is 0.709. The Labute approximate surface area is 153 Å². The third-order valence-corrected chi connectivity index (χ3v) is 3.85. The summed E-state index contributed by atoms with van der Waals surface area (Å²) < 4.78 is 5.11. The van der Waals surface area contributed by atoms with E-state index < -0.39 is 11.7 Å². The molecule has 0 aliphatic carbocycles. The molecule has 0 aliphatic rings. The van der Waals surface area contributed by atoms with Gasteiger partial charge in [0, 0.05) is 19.5 Å². The number of hydrogen-bond donors (Lipinski definition) is 2. The lowest BCUT2D eigenvalue weighted by molar-refractivity contribution is -0.121. The van der Waals surface area contributed by atoms with Gasteiger partial charge in [-0.05, 0) is 45.2 Å². The molecule has 0 unspecified atom stereocenters. The Kier molecular flexibility index (Phi) is 8.36. The summed E-state index contributed by atoms with van der Waals surface area (Å²) in [5, 5.41) is 6.42. The Morgan fingerprint density at radius 3 is 2.46 bits per heavy atom. The normalized spacial score (nSPS) is 11.0. The summed E-state index contributed by atoms with van der Waals surface area (Å²) in [6, 6.07) is 5.38. The van der Waals surface area contributed by atoms with Crippen LogP contribution in [0.1, 0.15) is 39.2 Å². The fourth-order valence-electron chi connectivity index (χ4n) is 1.90. The minimum atomic E-state index is -0.514. The highest BCUT2D eigenvalue weighted by Gasteiger charge is 2.15. The van der Waals surface area contributed by atoms with Gasteiger partial charge in [0.1, 0.15) is 5.60 Å². The van der Waals surface area contributed by atoms with Crippen LogP contribution < -0.4 is 10.6 Å². The van der Waals surface area contributed by atoms with Crippen LogP contribution >= 0.6 is 23.2 Å². The van der Waals surface area contributed by atoms with Crippen LogP contribution in [0.5, 0.6) is 0 Å². The summed E-state index contributed by atoms with van der Waals surface area (Å²) in [5.74, 6) is -0.0664. The van der Waals surface area contributed by atoms with Crippen LogP contribution in [0.2, 0.25) is 10.0 Å². The molecule has 1 aromatic rings. The van der Waals surface area contributed by atoms with Crippen LogP contribution in [0.25, 0.3) is 0 Å². The lowest BCUT2D eigenvalue weighted by Crippen LogP contribution is -2.34. The van der Waals surface area contributed by atoms with Crippen molar-refractivity contribution in [2.45, 2.75) is 45.6 Å². The fraction of sp³-hybridized carbons (Fsp3) is 0.529. The summed E-state index contributed by atoms with van der Waals surface area (Å²) in [7, 11) is 0. The minimum absolute atomic E-state index is 0.0664. The van der Waals surface area contributed by atoms with Gasteiger partial charge in [-0.1, -0.05) is 35.3 Å². The van der Waals surface area contributed by atoms with Crippen LogP contribution in [-0.2, 0) is 16.0 Å². The highest BCUT2D eigenvalue weighted by Crippen LogP contribution is 2.26. The summed E-state index contributed by atoms with van der Waals surface area (Å²) in [6.45, 7) is 6.34. The van der Waals surface area contributed by atoms with E-state index in [1.165, 1.54) is 0 Å². The van der Waals surface area contributed by atoms with Crippen molar-refractivity contribution in [1.29, 1.82) is 0 Å². The van der Waals surface area contributed by atoms with Crippen LogP contribution in [-0.4, -0.2) is 30.7 Å². The van der Waals surface area contributed by atoms with Gasteiger partial charge in [-0.25, -0.2) is 4.79 Å². The fourth-order valence-corrected chi connectivity index (χ4v) is 2.31. The van der Waals surface area contributed by atoms with Gasteiger partial charge in [-0.3, -0.25) is 4.79 Å². The van der Waals surface area contributed by atoms with E-state index in [2.05, 4.69) is 10.6 Å². The second kappa shape index (κ2) is 9.74. The highest BCUT2D eigenvalue weighted by molar-refractivity contribution is 6.42. The number of carbonyl (C=O) groups excluding carboxylic acids is 2. The SMILES string of the molecule is CC(C)(C)OC(=O)NCCCNC(=O)CCc1cccc(Cl)c1Cl. The molecule has 134 valence electrons. The Morgan fingerprint density at radius 1 is 1.12 bits per heavy atom. The number of aryl methyl sites for hydroxylation is 1. The molecule has 0 atom stereocenters. The number of nitrogens with one attached hydrogen (secondary N) is 2. The molecule has 0 radical (unpaired) electrons. The number of amides is 2. The van der Waals surface area contributed by atoms with Crippen molar-refractivity contribution in [3.05, 3.63) is 33.8 Å². The molecule has 0 fully saturated rings. The molecule has 0 heterocycles.